The molecule has 1 aliphatic heterocycles. The van der Waals surface area contributed by atoms with E-state index in [4.69, 9.17) is 11.6 Å². The summed E-state index contributed by atoms with van der Waals surface area (Å²) in [5.41, 5.74) is 0.507. The number of aliphatic hydroxyl groups is 1. The van der Waals surface area contributed by atoms with E-state index in [9.17, 15) is 5.11 Å². The molecule has 0 unspecified atom stereocenters. The molecule has 1 aliphatic rings. The Bertz CT molecular complexity index is 358. The smallest absolute Gasteiger partial charge is 0.0644 e. The van der Waals surface area contributed by atoms with Gasteiger partial charge in [-0.2, -0.15) is 0 Å². The number of halogens is 1. The van der Waals surface area contributed by atoms with Crippen molar-refractivity contribution in [3.63, 3.8) is 0 Å². The molecule has 0 aliphatic carbocycles. The molecule has 0 amide bonds. The number of aromatic nitrogens is 1. The van der Waals surface area contributed by atoms with Gasteiger partial charge >= 0.3 is 0 Å². The second-order valence-corrected chi connectivity index (χ2v) is 5.17. The van der Waals surface area contributed by atoms with Crippen LogP contribution in [-0.2, 0) is 6.54 Å². The highest BCUT2D eigenvalue weighted by Crippen LogP contribution is 2.22. The molecule has 1 fully saturated rings. The summed E-state index contributed by atoms with van der Waals surface area (Å²) in [5, 5.41) is 10.6. The fraction of sp³-hybridized carbons (Fsp3) is 0.583. The number of piperidine rings is 1. The minimum Gasteiger partial charge on any atom is -0.390 e. The maximum atomic E-state index is 9.84. The lowest BCUT2D eigenvalue weighted by molar-refractivity contribution is -0.00757. The van der Waals surface area contributed by atoms with Crippen LogP contribution in [0.5, 0.6) is 0 Å². The van der Waals surface area contributed by atoms with Crippen LogP contribution in [0.2, 0.25) is 5.02 Å². The lowest BCUT2D eigenvalue weighted by atomic mass is 9.94. The summed E-state index contributed by atoms with van der Waals surface area (Å²) in [4.78, 5) is 6.58. The third-order valence-corrected chi connectivity index (χ3v) is 3.33. The monoisotopic (exact) mass is 240 g/mol. The van der Waals surface area contributed by atoms with E-state index >= 15 is 0 Å². The van der Waals surface area contributed by atoms with E-state index in [-0.39, 0.29) is 0 Å². The summed E-state index contributed by atoms with van der Waals surface area (Å²) in [6, 6.07) is 3.68. The Morgan fingerprint density at radius 3 is 2.81 bits per heavy atom. The quantitative estimate of drug-likeness (QED) is 0.860. The van der Waals surface area contributed by atoms with Gasteiger partial charge in [0.1, 0.15) is 0 Å². The van der Waals surface area contributed by atoms with Gasteiger partial charge in [0.15, 0.2) is 0 Å². The highest BCUT2D eigenvalue weighted by Gasteiger charge is 2.27. The van der Waals surface area contributed by atoms with Crippen LogP contribution < -0.4 is 0 Å². The first-order chi connectivity index (χ1) is 7.55. The molecule has 0 spiro atoms. The van der Waals surface area contributed by atoms with Crippen LogP contribution in [0.4, 0.5) is 0 Å². The highest BCUT2D eigenvalue weighted by molar-refractivity contribution is 6.30. The Morgan fingerprint density at radius 1 is 1.50 bits per heavy atom. The molecule has 16 heavy (non-hydrogen) atoms. The molecule has 0 saturated carbocycles. The van der Waals surface area contributed by atoms with Crippen LogP contribution in [0.25, 0.3) is 0 Å². The highest BCUT2D eigenvalue weighted by atomic mass is 35.5. The molecule has 2 rings (SSSR count). The van der Waals surface area contributed by atoms with Gasteiger partial charge in [0, 0.05) is 30.9 Å². The normalized spacial score (nSPS) is 20.9. The average molecular weight is 241 g/mol. The number of likely N-dealkylation sites (tertiary alicyclic amines) is 1. The van der Waals surface area contributed by atoms with Gasteiger partial charge in [0.25, 0.3) is 0 Å². The van der Waals surface area contributed by atoms with Gasteiger partial charge in [-0.15, -0.1) is 0 Å². The van der Waals surface area contributed by atoms with Crippen LogP contribution >= 0.6 is 11.6 Å². The Balaban J connectivity index is 1.92. The maximum Gasteiger partial charge on any atom is 0.0644 e. The fourth-order valence-corrected chi connectivity index (χ4v) is 2.14. The van der Waals surface area contributed by atoms with E-state index in [2.05, 4.69) is 9.88 Å². The van der Waals surface area contributed by atoms with Crippen molar-refractivity contribution in [1.82, 2.24) is 9.88 Å². The van der Waals surface area contributed by atoms with Crippen molar-refractivity contribution in [3.8, 4) is 0 Å². The molecule has 0 radical (unpaired) electrons. The zero-order valence-corrected chi connectivity index (χ0v) is 10.2. The zero-order valence-electron chi connectivity index (χ0n) is 9.49. The summed E-state index contributed by atoms with van der Waals surface area (Å²) >= 11 is 5.91. The van der Waals surface area contributed by atoms with E-state index in [0.717, 1.165) is 43.2 Å². The van der Waals surface area contributed by atoms with Gasteiger partial charge < -0.3 is 5.11 Å². The summed E-state index contributed by atoms with van der Waals surface area (Å²) in [6.07, 6.45) is 3.39. The molecule has 0 atom stereocenters. The van der Waals surface area contributed by atoms with Crippen LogP contribution in [0, 0.1) is 0 Å². The minimum atomic E-state index is -0.488. The molecular weight excluding hydrogens is 224 g/mol. The largest absolute Gasteiger partial charge is 0.390 e. The predicted molar refractivity (Wildman–Crippen MR) is 64.4 cm³/mol. The molecule has 2 heterocycles. The molecule has 4 heteroatoms. The van der Waals surface area contributed by atoms with Crippen molar-refractivity contribution in [2.24, 2.45) is 0 Å². The molecular formula is C12H17ClN2O. The second kappa shape index (κ2) is 4.70. The maximum absolute atomic E-state index is 9.84. The SMILES string of the molecule is CC1(O)CCN(Cc2cc(Cl)ccn2)CC1. The average Bonchev–Trinajstić information content (AvgIpc) is 2.21. The first-order valence-electron chi connectivity index (χ1n) is 5.60. The van der Waals surface area contributed by atoms with Crippen LogP contribution in [-0.4, -0.2) is 33.7 Å². The fourth-order valence-electron chi connectivity index (χ4n) is 1.96. The number of hydrogen-bond donors (Lipinski definition) is 1. The van der Waals surface area contributed by atoms with Crippen LogP contribution in [0.1, 0.15) is 25.5 Å². The molecule has 0 bridgehead atoms. The van der Waals surface area contributed by atoms with Crippen LogP contribution in [0.15, 0.2) is 18.3 Å². The summed E-state index contributed by atoms with van der Waals surface area (Å²) in [7, 11) is 0. The third kappa shape index (κ3) is 3.17. The van der Waals surface area contributed by atoms with Crippen molar-refractivity contribution in [2.75, 3.05) is 13.1 Å². The van der Waals surface area contributed by atoms with Crippen molar-refractivity contribution in [2.45, 2.75) is 31.9 Å². The zero-order chi connectivity index (χ0) is 11.6. The standard InChI is InChI=1S/C12H17ClN2O/c1-12(16)3-6-15(7-4-12)9-11-8-10(13)2-5-14-11/h2,5,8,16H,3-4,6-7,9H2,1H3. The second-order valence-electron chi connectivity index (χ2n) is 4.74. The number of hydrogen-bond acceptors (Lipinski definition) is 3. The minimum absolute atomic E-state index is 0.488. The summed E-state index contributed by atoms with van der Waals surface area (Å²) < 4.78 is 0. The van der Waals surface area contributed by atoms with Crippen molar-refractivity contribution >= 4 is 11.6 Å². The Kier molecular flexibility index (Phi) is 3.47. The van der Waals surface area contributed by atoms with Gasteiger partial charge in [-0.05, 0) is 31.9 Å². The van der Waals surface area contributed by atoms with Gasteiger partial charge in [0.2, 0.25) is 0 Å². The lowest BCUT2D eigenvalue weighted by Gasteiger charge is -2.35. The van der Waals surface area contributed by atoms with Gasteiger partial charge in [-0.3, -0.25) is 9.88 Å². The predicted octanol–water partition coefficient (Wildman–Crippen LogP) is 2.08. The van der Waals surface area contributed by atoms with E-state index in [0.29, 0.717) is 0 Å². The Morgan fingerprint density at radius 2 is 2.19 bits per heavy atom. The summed E-state index contributed by atoms with van der Waals surface area (Å²) in [6.45, 7) is 4.56. The molecule has 1 aromatic rings. The number of nitrogens with zero attached hydrogens (tertiary/aromatic N) is 2. The van der Waals surface area contributed by atoms with Gasteiger partial charge in [0.05, 0.1) is 11.3 Å². The summed E-state index contributed by atoms with van der Waals surface area (Å²) in [5.74, 6) is 0. The first kappa shape index (κ1) is 11.8. The van der Waals surface area contributed by atoms with E-state index in [1.807, 2.05) is 13.0 Å². The molecule has 88 valence electrons. The van der Waals surface area contributed by atoms with E-state index in [1.54, 1.807) is 12.3 Å². The molecule has 1 saturated heterocycles. The number of pyridine rings is 1. The third-order valence-electron chi connectivity index (χ3n) is 3.10. The molecule has 1 N–H and O–H groups in total. The van der Waals surface area contributed by atoms with Crippen molar-refractivity contribution in [1.29, 1.82) is 0 Å². The van der Waals surface area contributed by atoms with Gasteiger partial charge in [-0.25, -0.2) is 0 Å². The molecule has 0 aromatic carbocycles. The van der Waals surface area contributed by atoms with E-state index < -0.39 is 5.60 Å². The molecule has 3 nitrogen and oxygen atoms in total. The lowest BCUT2D eigenvalue weighted by Crippen LogP contribution is -2.42. The van der Waals surface area contributed by atoms with E-state index in [1.165, 1.54) is 0 Å². The van der Waals surface area contributed by atoms with Crippen molar-refractivity contribution < 1.29 is 5.11 Å². The van der Waals surface area contributed by atoms with Crippen molar-refractivity contribution in [3.05, 3.63) is 29.0 Å². The number of rotatable bonds is 2. The van der Waals surface area contributed by atoms with Crippen LogP contribution in [0.3, 0.4) is 0 Å². The molecule has 1 aromatic heterocycles. The van der Waals surface area contributed by atoms with Gasteiger partial charge in [-0.1, -0.05) is 11.6 Å². The Labute approximate surface area is 101 Å². The first-order valence-corrected chi connectivity index (χ1v) is 5.98. The topological polar surface area (TPSA) is 36.4 Å². The Hall–Kier alpha value is -0.640.